The SMILES string of the molecule is CCNC(=NCc1ccc(C(=O)NC)cc1)N1CCN(c2cccc(C)c2C)CC1. The van der Waals surface area contributed by atoms with Gasteiger partial charge in [0.15, 0.2) is 5.96 Å². The molecule has 1 aliphatic heterocycles. The van der Waals surface area contributed by atoms with Gasteiger partial charge in [-0.15, -0.1) is 0 Å². The van der Waals surface area contributed by atoms with Crippen molar-refractivity contribution < 1.29 is 4.79 Å². The number of nitrogens with zero attached hydrogens (tertiary/aromatic N) is 3. The Hall–Kier alpha value is -3.02. The molecule has 160 valence electrons. The molecule has 1 saturated heterocycles. The van der Waals surface area contributed by atoms with Crippen LogP contribution in [0, 0.1) is 13.8 Å². The summed E-state index contributed by atoms with van der Waals surface area (Å²) in [5.74, 6) is 0.883. The maximum atomic E-state index is 11.7. The van der Waals surface area contributed by atoms with Gasteiger partial charge in [0.2, 0.25) is 0 Å². The monoisotopic (exact) mass is 407 g/mol. The fraction of sp³-hybridized carbons (Fsp3) is 0.417. The Balaban J connectivity index is 1.64. The van der Waals surface area contributed by atoms with E-state index in [9.17, 15) is 4.79 Å². The number of aryl methyl sites for hydroxylation is 1. The number of anilines is 1. The van der Waals surface area contributed by atoms with E-state index >= 15 is 0 Å². The van der Waals surface area contributed by atoms with Crippen LogP contribution in [0.2, 0.25) is 0 Å². The molecule has 1 heterocycles. The number of hydrogen-bond donors (Lipinski definition) is 2. The Labute approximate surface area is 180 Å². The van der Waals surface area contributed by atoms with E-state index in [1.165, 1.54) is 16.8 Å². The molecule has 0 radical (unpaired) electrons. The van der Waals surface area contributed by atoms with Crippen molar-refractivity contribution in [1.82, 2.24) is 15.5 Å². The number of aliphatic imine (C=N–C) groups is 1. The fourth-order valence-electron chi connectivity index (χ4n) is 3.74. The first kappa shape index (κ1) is 21.7. The van der Waals surface area contributed by atoms with Crippen molar-refractivity contribution >= 4 is 17.6 Å². The summed E-state index contributed by atoms with van der Waals surface area (Å²) in [5.41, 5.74) is 5.80. The van der Waals surface area contributed by atoms with Crippen molar-refractivity contribution in [2.75, 3.05) is 44.7 Å². The fourth-order valence-corrected chi connectivity index (χ4v) is 3.74. The zero-order valence-electron chi connectivity index (χ0n) is 18.5. The molecule has 0 spiro atoms. The van der Waals surface area contributed by atoms with Gasteiger partial charge in [0.1, 0.15) is 0 Å². The quantitative estimate of drug-likeness (QED) is 0.591. The topological polar surface area (TPSA) is 60.0 Å². The third-order valence-corrected chi connectivity index (χ3v) is 5.69. The van der Waals surface area contributed by atoms with E-state index in [2.05, 4.69) is 59.4 Å². The van der Waals surface area contributed by atoms with Crippen LogP contribution in [0.4, 0.5) is 5.69 Å². The van der Waals surface area contributed by atoms with Gasteiger partial charge in [0.25, 0.3) is 5.91 Å². The average Bonchev–Trinajstić information content (AvgIpc) is 2.78. The van der Waals surface area contributed by atoms with Crippen molar-refractivity contribution in [3.05, 3.63) is 64.7 Å². The van der Waals surface area contributed by atoms with E-state index in [0.29, 0.717) is 12.1 Å². The van der Waals surface area contributed by atoms with Gasteiger partial charge in [-0.3, -0.25) is 4.79 Å². The number of hydrogen-bond acceptors (Lipinski definition) is 3. The highest BCUT2D eigenvalue weighted by atomic mass is 16.1. The predicted octanol–water partition coefficient (Wildman–Crippen LogP) is 2.95. The van der Waals surface area contributed by atoms with E-state index in [4.69, 9.17) is 4.99 Å². The minimum Gasteiger partial charge on any atom is -0.368 e. The van der Waals surface area contributed by atoms with Crippen LogP contribution in [0.3, 0.4) is 0 Å². The van der Waals surface area contributed by atoms with Crippen molar-refractivity contribution in [3.8, 4) is 0 Å². The summed E-state index contributed by atoms with van der Waals surface area (Å²) in [6, 6.07) is 14.2. The van der Waals surface area contributed by atoms with Gasteiger partial charge >= 0.3 is 0 Å². The maximum Gasteiger partial charge on any atom is 0.251 e. The van der Waals surface area contributed by atoms with Gasteiger partial charge in [-0.05, 0) is 55.7 Å². The minimum absolute atomic E-state index is 0.0693. The molecule has 30 heavy (non-hydrogen) atoms. The lowest BCUT2D eigenvalue weighted by Gasteiger charge is -2.38. The molecule has 1 fully saturated rings. The molecule has 0 bridgehead atoms. The van der Waals surface area contributed by atoms with E-state index in [1.54, 1.807) is 7.05 Å². The molecule has 6 heteroatoms. The third-order valence-electron chi connectivity index (χ3n) is 5.69. The first-order valence-electron chi connectivity index (χ1n) is 10.7. The zero-order chi connectivity index (χ0) is 21.5. The Morgan fingerprint density at radius 1 is 1.03 bits per heavy atom. The minimum atomic E-state index is -0.0693. The first-order valence-corrected chi connectivity index (χ1v) is 10.7. The summed E-state index contributed by atoms with van der Waals surface area (Å²) >= 11 is 0. The number of nitrogens with one attached hydrogen (secondary N) is 2. The highest BCUT2D eigenvalue weighted by Gasteiger charge is 2.21. The molecule has 1 amide bonds. The van der Waals surface area contributed by atoms with Crippen LogP contribution in [-0.4, -0.2) is 56.5 Å². The molecular weight excluding hydrogens is 374 g/mol. The van der Waals surface area contributed by atoms with E-state index < -0.39 is 0 Å². The van der Waals surface area contributed by atoms with Gasteiger partial charge in [-0.1, -0.05) is 24.3 Å². The summed E-state index contributed by atoms with van der Waals surface area (Å²) in [7, 11) is 1.64. The van der Waals surface area contributed by atoms with Crippen LogP contribution in [0.1, 0.15) is 34.0 Å². The summed E-state index contributed by atoms with van der Waals surface area (Å²) in [5, 5.41) is 6.08. The van der Waals surface area contributed by atoms with E-state index in [1.807, 2.05) is 24.3 Å². The summed E-state index contributed by atoms with van der Waals surface area (Å²) < 4.78 is 0. The maximum absolute atomic E-state index is 11.7. The van der Waals surface area contributed by atoms with Crippen molar-refractivity contribution in [1.29, 1.82) is 0 Å². The van der Waals surface area contributed by atoms with Crippen molar-refractivity contribution in [2.24, 2.45) is 4.99 Å². The summed E-state index contributed by atoms with van der Waals surface area (Å²) in [6.07, 6.45) is 0. The molecule has 0 atom stereocenters. The second kappa shape index (κ2) is 10.1. The Bertz CT molecular complexity index is 883. The standard InChI is InChI=1S/C24H33N5O/c1-5-26-24(27-17-20-9-11-21(12-10-20)23(30)25-4)29-15-13-28(14-16-29)22-8-6-7-18(2)19(22)3/h6-12H,5,13-17H2,1-4H3,(H,25,30)(H,26,27). The van der Waals surface area contributed by atoms with Crippen LogP contribution in [-0.2, 0) is 6.54 Å². The first-order chi connectivity index (χ1) is 14.5. The Morgan fingerprint density at radius 2 is 1.73 bits per heavy atom. The third kappa shape index (κ3) is 5.12. The van der Waals surface area contributed by atoms with Gasteiger partial charge in [0, 0.05) is 51.0 Å². The number of rotatable bonds is 5. The highest BCUT2D eigenvalue weighted by Crippen LogP contribution is 2.23. The molecule has 0 aliphatic carbocycles. The summed E-state index contributed by atoms with van der Waals surface area (Å²) in [4.78, 5) is 21.3. The number of guanidine groups is 1. The molecule has 3 rings (SSSR count). The molecule has 2 N–H and O–H groups in total. The molecule has 2 aromatic carbocycles. The van der Waals surface area contributed by atoms with E-state index in [-0.39, 0.29) is 5.91 Å². The number of benzene rings is 2. The molecule has 2 aromatic rings. The van der Waals surface area contributed by atoms with Crippen LogP contribution < -0.4 is 15.5 Å². The lowest BCUT2D eigenvalue weighted by molar-refractivity contribution is 0.0963. The lowest BCUT2D eigenvalue weighted by atomic mass is 10.1. The largest absolute Gasteiger partial charge is 0.368 e. The molecule has 1 aliphatic rings. The van der Waals surface area contributed by atoms with E-state index in [0.717, 1.165) is 44.2 Å². The zero-order valence-corrected chi connectivity index (χ0v) is 18.5. The Morgan fingerprint density at radius 3 is 2.37 bits per heavy atom. The van der Waals surface area contributed by atoms with Crippen molar-refractivity contribution in [2.45, 2.75) is 27.3 Å². The molecule has 6 nitrogen and oxygen atoms in total. The number of piperazine rings is 1. The smallest absolute Gasteiger partial charge is 0.251 e. The lowest BCUT2D eigenvalue weighted by Crippen LogP contribution is -2.52. The van der Waals surface area contributed by atoms with Gasteiger partial charge in [-0.2, -0.15) is 0 Å². The van der Waals surface area contributed by atoms with Crippen LogP contribution in [0.15, 0.2) is 47.5 Å². The average molecular weight is 408 g/mol. The van der Waals surface area contributed by atoms with Crippen LogP contribution >= 0.6 is 0 Å². The number of carbonyl (C=O) groups excluding carboxylic acids is 1. The number of carbonyl (C=O) groups is 1. The van der Waals surface area contributed by atoms with Gasteiger partial charge < -0.3 is 20.4 Å². The molecular formula is C24H33N5O. The molecule has 0 unspecified atom stereocenters. The number of amides is 1. The Kier molecular flexibility index (Phi) is 7.33. The second-order valence-corrected chi connectivity index (χ2v) is 7.64. The molecule has 0 saturated carbocycles. The van der Waals surface area contributed by atoms with Crippen molar-refractivity contribution in [3.63, 3.8) is 0 Å². The second-order valence-electron chi connectivity index (χ2n) is 7.64. The van der Waals surface area contributed by atoms with Crippen LogP contribution in [0.25, 0.3) is 0 Å². The molecule has 0 aromatic heterocycles. The normalized spacial score (nSPS) is 14.6. The van der Waals surface area contributed by atoms with Crippen LogP contribution in [0.5, 0.6) is 0 Å². The van der Waals surface area contributed by atoms with Gasteiger partial charge in [0.05, 0.1) is 6.54 Å². The summed E-state index contributed by atoms with van der Waals surface area (Å²) in [6.45, 7) is 11.7. The van der Waals surface area contributed by atoms with Gasteiger partial charge in [-0.25, -0.2) is 4.99 Å². The predicted molar refractivity (Wildman–Crippen MR) is 124 cm³/mol. The highest BCUT2D eigenvalue weighted by molar-refractivity contribution is 5.93.